The largest absolute Gasteiger partial charge is 0.477 e. The summed E-state index contributed by atoms with van der Waals surface area (Å²) >= 11 is 0. The third-order valence-electron chi connectivity index (χ3n) is 8.76. The second kappa shape index (κ2) is 33.7. The summed E-state index contributed by atoms with van der Waals surface area (Å²) < 4.78 is 17.1. The number of ether oxygens (including phenoxy) is 3. The van der Waals surface area contributed by atoms with Gasteiger partial charge in [0, 0.05) is 19.3 Å². The van der Waals surface area contributed by atoms with Crippen molar-refractivity contribution >= 4 is 17.9 Å². The molecule has 0 rings (SSSR count). The van der Waals surface area contributed by atoms with Crippen molar-refractivity contribution in [1.82, 2.24) is 0 Å². The lowest BCUT2D eigenvalue weighted by atomic mass is 10.1. The van der Waals surface area contributed by atoms with E-state index in [2.05, 4.69) is 50.3 Å². The van der Waals surface area contributed by atoms with E-state index in [1.165, 1.54) is 77.0 Å². The molecular formula is C42H76NO7+. The molecule has 0 saturated heterocycles. The SMILES string of the molecule is CCCCC/C=C/C/C=C/CCCCCCCCCC(=O)OC(COCCC(C(=O)O)[N+](C)(C)C)COC(=O)CCC/C=C/CCCCCC. The number of carboxylic acid groups (broad SMARTS) is 1. The molecule has 50 heavy (non-hydrogen) atoms. The van der Waals surface area contributed by atoms with Gasteiger partial charge in [0.15, 0.2) is 12.1 Å². The number of aliphatic carboxylic acids is 1. The molecule has 8 nitrogen and oxygen atoms in total. The summed E-state index contributed by atoms with van der Waals surface area (Å²) in [7, 11) is 5.50. The Labute approximate surface area is 306 Å². The predicted octanol–water partition coefficient (Wildman–Crippen LogP) is 10.3. The normalized spacial score (nSPS) is 13.4. The van der Waals surface area contributed by atoms with Gasteiger partial charge >= 0.3 is 17.9 Å². The van der Waals surface area contributed by atoms with Gasteiger partial charge in [0.05, 0.1) is 34.4 Å². The van der Waals surface area contributed by atoms with E-state index in [4.69, 9.17) is 14.2 Å². The number of esters is 2. The average molecular weight is 707 g/mol. The van der Waals surface area contributed by atoms with Crippen molar-refractivity contribution in [3.05, 3.63) is 36.5 Å². The van der Waals surface area contributed by atoms with E-state index >= 15 is 0 Å². The van der Waals surface area contributed by atoms with E-state index < -0.39 is 18.1 Å². The number of nitrogens with zero attached hydrogens (tertiary/aromatic N) is 1. The van der Waals surface area contributed by atoms with Crippen molar-refractivity contribution in [2.75, 3.05) is 41.0 Å². The van der Waals surface area contributed by atoms with E-state index in [0.29, 0.717) is 25.7 Å². The number of hydrogen-bond donors (Lipinski definition) is 1. The van der Waals surface area contributed by atoms with Crippen LogP contribution in [0.4, 0.5) is 0 Å². The Hall–Kier alpha value is -2.45. The molecule has 2 unspecified atom stereocenters. The topological polar surface area (TPSA) is 99.1 Å². The van der Waals surface area contributed by atoms with Crippen molar-refractivity contribution in [2.45, 2.75) is 174 Å². The Kier molecular flexibility index (Phi) is 32.0. The Morgan fingerprint density at radius 3 is 1.66 bits per heavy atom. The molecule has 0 aliphatic heterocycles. The highest BCUT2D eigenvalue weighted by Gasteiger charge is 2.31. The molecule has 0 aliphatic carbocycles. The van der Waals surface area contributed by atoms with Gasteiger partial charge in [0.1, 0.15) is 6.61 Å². The second-order valence-electron chi connectivity index (χ2n) is 14.5. The van der Waals surface area contributed by atoms with Crippen LogP contribution in [0.5, 0.6) is 0 Å². The number of quaternary nitrogens is 1. The van der Waals surface area contributed by atoms with Gasteiger partial charge in [-0.15, -0.1) is 0 Å². The van der Waals surface area contributed by atoms with Crippen molar-refractivity contribution in [3.63, 3.8) is 0 Å². The van der Waals surface area contributed by atoms with Crippen LogP contribution in [-0.4, -0.2) is 80.6 Å². The fraction of sp³-hybridized carbons (Fsp3) is 0.786. The maximum absolute atomic E-state index is 12.7. The van der Waals surface area contributed by atoms with Gasteiger partial charge in [-0.2, -0.15) is 0 Å². The molecule has 1 N–H and O–H groups in total. The Morgan fingerprint density at radius 2 is 1.08 bits per heavy atom. The minimum absolute atomic E-state index is 0.0498. The molecule has 2 atom stereocenters. The third kappa shape index (κ3) is 31.5. The van der Waals surface area contributed by atoms with E-state index in [0.717, 1.165) is 44.9 Å². The average Bonchev–Trinajstić information content (AvgIpc) is 3.06. The van der Waals surface area contributed by atoms with Gasteiger partial charge in [-0.3, -0.25) is 9.59 Å². The lowest BCUT2D eigenvalue weighted by Gasteiger charge is -2.31. The van der Waals surface area contributed by atoms with Crippen LogP contribution < -0.4 is 0 Å². The molecule has 290 valence electrons. The summed E-state index contributed by atoms with van der Waals surface area (Å²) in [6.07, 6.45) is 36.2. The van der Waals surface area contributed by atoms with Crippen LogP contribution in [0.2, 0.25) is 0 Å². The maximum Gasteiger partial charge on any atom is 0.362 e. The van der Waals surface area contributed by atoms with Gasteiger partial charge in [-0.25, -0.2) is 4.79 Å². The molecule has 0 amide bonds. The van der Waals surface area contributed by atoms with E-state index in [-0.39, 0.29) is 36.2 Å². The molecule has 0 saturated carbocycles. The first kappa shape index (κ1) is 47.5. The zero-order valence-corrected chi connectivity index (χ0v) is 32.8. The number of hydrogen-bond acceptors (Lipinski definition) is 6. The zero-order chi connectivity index (χ0) is 37.1. The predicted molar refractivity (Wildman–Crippen MR) is 206 cm³/mol. The van der Waals surface area contributed by atoms with Crippen LogP contribution in [0.1, 0.15) is 162 Å². The summed E-state index contributed by atoms with van der Waals surface area (Å²) in [5, 5.41) is 9.58. The standard InChI is InChI=1S/C42H75NO7/c1-6-8-10-12-14-16-17-18-19-20-21-22-23-25-27-29-31-33-41(45)50-38(36-48-35-34-39(42(46)47)43(3,4)5)37-49-40(44)32-30-28-26-24-15-13-11-9-7-2/h14,16,18-19,24,26,38-39H,6-13,15,17,20-23,25,27-37H2,1-5H3/p+1/b16-14+,19-18+,26-24+. The highest BCUT2D eigenvalue weighted by Crippen LogP contribution is 2.13. The van der Waals surface area contributed by atoms with Crippen molar-refractivity contribution in [2.24, 2.45) is 0 Å². The molecule has 0 fully saturated rings. The van der Waals surface area contributed by atoms with Gasteiger partial charge in [-0.1, -0.05) is 115 Å². The lowest BCUT2D eigenvalue weighted by Crippen LogP contribution is -2.50. The lowest BCUT2D eigenvalue weighted by molar-refractivity contribution is -0.887. The first-order valence-corrected chi connectivity index (χ1v) is 20.0. The van der Waals surface area contributed by atoms with Crippen molar-refractivity contribution in [1.29, 1.82) is 0 Å². The number of carbonyl (C=O) groups is 3. The van der Waals surface area contributed by atoms with Crippen LogP contribution >= 0.6 is 0 Å². The fourth-order valence-electron chi connectivity index (χ4n) is 5.59. The number of unbranched alkanes of at least 4 members (excludes halogenated alkanes) is 15. The first-order valence-electron chi connectivity index (χ1n) is 20.0. The quantitative estimate of drug-likeness (QED) is 0.0303. The molecule has 0 aromatic carbocycles. The number of carbonyl (C=O) groups excluding carboxylic acids is 2. The third-order valence-corrected chi connectivity index (χ3v) is 8.76. The monoisotopic (exact) mass is 707 g/mol. The number of allylic oxidation sites excluding steroid dienone is 6. The van der Waals surface area contributed by atoms with Gasteiger partial charge in [0.25, 0.3) is 0 Å². The van der Waals surface area contributed by atoms with Crippen LogP contribution in [0.15, 0.2) is 36.5 Å². The number of rotatable bonds is 35. The Morgan fingerprint density at radius 1 is 0.600 bits per heavy atom. The van der Waals surface area contributed by atoms with Crippen LogP contribution in [-0.2, 0) is 28.6 Å². The Bertz CT molecular complexity index is 922. The highest BCUT2D eigenvalue weighted by molar-refractivity contribution is 5.72. The number of carboxylic acids is 1. The zero-order valence-electron chi connectivity index (χ0n) is 32.8. The van der Waals surface area contributed by atoms with Gasteiger partial charge in [0.2, 0.25) is 0 Å². The molecule has 0 spiro atoms. The molecule has 8 heteroatoms. The Balaban J connectivity index is 4.40. The molecular weight excluding hydrogens is 630 g/mol. The van der Waals surface area contributed by atoms with Crippen molar-refractivity contribution < 1.29 is 38.2 Å². The fourth-order valence-corrected chi connectivity index (χ4v) is 5.59. The van der Waals surface area contributed by atoms with E-state index in [1.54, 1.807) is 0 Å². The summed E-state index contributed by atoms with van der Waals surface area (Å²) in [5.41, 5.74) is 0. The van der Waals surface area contributed by atoms with Crippen LogP contribution in [0.3, 0.4) is 0 Å². The molecule has 0 aromatic rings. The smallest absolute Gasteiger partial charge is 0.362 e. The van der Waals surface area contributed by atoms with Gasteiger partial charge < -0.3 is 23.8 Å². The molecule has 0 aliphatic rings. The first-order chi connectivity index (χ1) is 24.1. The van der Waals surface area contributed by atoms with E-state index in [9.17, 15) is 19.5 Å². The summed E-state index contributed by atoms with van der Waals surface area (Å²) in [6.45, 7) is 4.62. The second-order valence-corrected chi connectivity index (χ2v) is 14.5. The highest BCUT2D eigenvalue weighted by atomic mass is 16.6. The molecule has 0 radical (unpaired) electrons. The summed E-state index contributed by atoms with van der Waals surface area (Å²) in [6, 6.07) is -0.617. The molecule has 0 bridgehead atoms. The molecule has 0 aromatic heterocycles. The van der Waals surface area contributed by atoms with Gasteiger partial charge in [-0.05, 0) is 64.2 Å². The minimum atomic E-state index is -0.881. The van der Waals surface area contributed by atoms with Crippen LogP contribution in [0, 0.1) is 0 Å². The van der Waals surface area contributed by atoms with E-state index in [1.807, 2.05) is 21.1 Å². The number of likely N-dealkylation sites (N-methyl/N-ethyl adjacent to an activating group) is 1. The van der Waals surface area contributed by atoms with Crippen LogP contribution in [0.25, 0.3) is 0 Å². The summed E-state index contributed by atoms with van der Waals surface area (Å²) in [4.78, 5) is 36.7. The minimum Gasteiger partial charge on any atom is -0.477 e. The van der Waals surface area contributed by atoms with Crippen molar-refractivity contribution in [3.8, 4) is 0 Å². The summed E-state index contributed by atoms with van der Waals surface area (Å²) in [5.74, 6) is -1.52. The maximum atomic E-state index is 12.7. The molecule has 0 heterocycles.